The average Bonchev–Trinajstić information content (AvgIpc) is 2.60. The second-order valence-corrected chi connectivity index (χ2v) is 5.61. The lowest BCUT2D eigenvalue weighted by Gasteiger charge is -2.09. The minimum absolute atomic E-state index is 0.0554. The van der Waals surface area contributed by atoms with Crippen LogP contribution in [0.1, 0.15) is 11.3 Å². The van der Waals surface area contributed by atoms with Gasteiger partial charge in [-0.05, 0) is 26.0 Å². The van der Waals surface area contributed by atoms with Crippen molar-refractivity contribution < 1.29 is 17.3 Å². The van der Waals surface area contributed by atoms with Gasteiger partial charge < -0.3 is 10.3 Å². The van der Waals surface area contributed by atoms with E-state index >= 15 is 0 Å². The summed E-state index contributed by atoms with van der Waals surface area (Å²) in [6.45, 7) is 3.29. The van der Waals surface area contributed by atoms with Gasteiger partial charge >= 0.3 is 0 Å². The molecule has 0 saturated heterocycles. The van der Waals surface area contributed by atoms with Crippen molar-refractivity contribution in [1.82, 2.24) is 5.16 Å². The summed E-state index contributed by atoms with van der Waals surface area (Å²) in [5.41, 5.74) is 6.39. The Morgan fingerprint density at radius 2 is 2.05 bits per heavy atom. The molecule has 8 heteroatoms. The molecule has 0 aliphatic rings. The maximum atomic E-state index is 13.6. The second kappa shape index (κ2) is 4.54. The van der Waals surface area contributed by atoms with Crippen LogP contribution in [0.5, 0.6) is 0 Å². The van der Waals surface area contributed by atoms with Gasteiger partial charge in [0, 0.05) is 5.56 Å². The number of hydrogen-bond acceptors (Lipinski definition) is 5. The van der Waals surface area contributed by atoms with Crippen LogP contribution in [0, 0.1) is 19.7 Å². The van der Waals surface area contributed by atoms with Gasteiger partial charge in [-0.3, -0.25) is 0 Å². The molecule has 0 amide bonds. The van der Waals surface area contributed by atoms with Crippen LogP contribution < -0.4 is 10.5 Å². The van der Waals surface area contributed by atoms with Crippen molar-refractivity contribution in [2.75, 3.05) is 10.5 Å². The Bertz CT molecular complexity index is 705. The van der Waals surface area contributed by atoms with E-state index in [4.69, 9.17) is 10.3 Å². The first-order chi connectivity index (χ1) is 8.83. The van der Waals surface area contributed by atoms with Crippen molar-refractivity contribution in [3.63, 3.8) is 0 Å². The van der Waals surface area contributed by atoms with E-state index in [1.165, 1.54) is 12.1 Å². The van der Waals surface area contributed by atoms with Gasteiger partial charge in [0.05, 0.1) is 11.4 Å². The van der Waals surface area contributed by atoms with Gasteiger partial charge in [-0.2, -0.15) is 0 Å². The monoisotopic (exact) mass is 285 g/mol. The zero-order valence-corrected chi connectivity index (χ0v) is 11.1. The first-order valence-electron chi connectivity index (χ1n) is 5.32. The number of rotatable bonds is 3. The highest BCUT2D eigenvalue weighted by molar-refractivity contribution is 7.92. The number of nitrogens with two attached hydrogens (primary N) is 1. The standard InChI is InChI=1S/C11H12FN3O3S/c1-6-7(2)14-18-11(6)15-19(16,17)10-8(12)4-3-5-9(10)13/h3-5,15H,13H2,1-2H3. The molecule has 0 bridgehead atoms. The number of halogens is 1. The third-order valence-electron chi connectivity index (χ3n) is 2.65. The maximum Gasteiger partial charge on any atom is 0.269 e. The third-order valence-corrected chi connectivity index (χ3v) is 4.07. The number of nitrogens with zero attached hydrogens (tertiary/aromatic N) is 1. The number of hydrogen-bond donors (Lipinski definition) is 2. The highest BCUT2D eigenvalue weighted by Gasteiger charge is 2.24. The van der Waals surface area contributed by atoms with Crippen LogP contribution >= 0.6 is 0 Å². The van der Waals surface area contributed by atoms with Crippen LogP contribution in [-0.4, -0.2) is 13.6 Å². The van der Waals surface area contributed by atoms with Crippen LogP contribution in [0.15, 0.2) is 27.6 Å². The van der Waals surface area contributed by atoms with Crippen molar-refractivity contribution in [2.45, 2.75) is 18.7 Å². The lowest BCUT2D eigenvalue weighted by atomic mass is 10.3. The van der Waals surface area contributed by atoms with E-state index in [0.717, 1.165) is 6.07 Å². The van der Waals surface area contributed by atoms with Crippen LogP contribution in [-0.2, 0) is 10.0 Å². The predicted octanol–water partition coefficient (Wildman–Crippen LogP) is 1.81. The minimum atomic E-state index is -4.17. The molecule has 2 rings (SSSR count). The molecule has 0 saturated carbocycles. The first-order valence-corrected chi connectivity index (χ1v) is 6.81. The molecule has 0 spiro atoms. The fraction of sp³-hybridized carbons (Fsp3) is 0.182. The molecule has 0 fully saturated rings. The number of aryl methyl sites for hydroxylation is 1. The number of aromatic nitrogens is 1. The molecule has 1 aromatic heterocycles. The number of nitrogen functional groups attached to an aromatic ring is 1. The predicted molar refractivity (Wildman–Crippen MR) is 67.6 cm³/mol. The summed E-state index contributed by atoms with van der Waals surface area (Å²) < 4.78 is 44.7. The summed E-state index contributed by atoms with van der Waals surface area (Å²) >= 11 is 0. The number of nitrogens with one attached hydrogen (secondary N) is 1. The summed E-state index contributed by atoms with van der Waals surface area (Å²) in [4.78, 5) is -0.608. The molecule has 1 heterocycles. The summed E-state index contributed by atoms with van der Waals surface area (Å²) in [5, 5.41) is 3.61. The summed E-state index contributed by atoms with van der Waals surface area (Å²) in [6.07, 6.45) is 0. The quantitative estimate of drug-likeness (QED) is 0.838. The van der Waals surface area contributed by atoms with Gasteiger partial charge in [0.25, 0.3) is 10.0 Å². The minimum Gasteiger partial charge on any atom is -0.398 e. The SMILES string of the molecule is Cc1noc(NS(=O)(=O)c2c(N)cccc2F)c1C. The van der Waals surface area contributed by atoms with E-state index in [9.17, 15) is 12.8 Å². The van der Waals surface area contributed by atoms with Crippen LogP contribution in [0.3, 0.4) is 0 Å². The topological polar surface area (TPSA) is 98.2 Å². The zero-order valence-electron chi connectivity index (χ0n) is 10.3. The summed E-state index contributed by atoms with van der Waals surface area (Å²) in [6, 6.07) is 3.65. The number of benzene rings is 1. The third kappa shape index (κ3) is 2.39. The maximum absolute atomic E-state index is 13.6. The zero-order chi connectivity index (χ0) is 14.2. The fourth-order valence-corrected chi connectivity index (χ4v) is 2.73. The Kier molecular flexibility index (Phi) is 3.19. The lowest BCUT2D eigenvalue weighted by Crippen LogP contribution is -2.16. The summed E-state index contributed by atoms with van der Waals surface area (Å²) in [7, 11) is -4.17. The van der Waals surface area contributed by atoms with E-state index < -0.39 is 20.7 Å². The van der Waals surface area contributed by atoms with E-state index in [1.54, 1.807) is 13.8 Å². The molecule has 102 valence electrons. The van der Waals surface area contributed by atoms with E-state index in [-0.39, 0.29) is 11.6 Å². The second-order valence-electron chi connectivity index (χ2n) is 3.99. The average molecular weight is 285 g/mol. The molecule has 1 aromatic carbocycles. The van der Waals surface area contributed by atoms with Crippen molar-refractivity contribution in [3.8, 4) is 0 Å². The van der Waals surface area contributed by atoms with Crippen LogP contribution in [0.4, 0.5) is 16.0 Å². The Hall–Kier alpha value is -2.09. The van der Waals surface area contributed by atoms with Crippen LogP contribution in [0.2, 0.25) is 0 Å². The first kappa shape index (κ1) is 13.3. The normalized spacial score (nSPS) is 11.5. The molecular formula is C11H12FN3O3S. The Morgan fingerprint density at radius 3 is 2.58 bits per heavy atom. The summed E-state index contributed by atoms with van der Waals surface area (Å²) in [5.74, 6) is -0.985. The molecule has 0 radical (unpaired) electrons. The molecule has 0 atom stereocenters. The van der Waals surface area contributed by atoms with E-state index in [0.29, 0.717) is 11.3 Å². The van der Waals surface area contributed by atoms with Crippen molar-refractivity contribution >= 4 is 21.6 Å². The van der Waals surface area contributed by atoms with Gasteiger partial charge in [-0.15, -0.1) is 0 Å². The Balaban J connectivity index is 2.47. The van der Waals surface area contributed by atoms with Gasteiger partial charge in [0.15, 0.2) is 0 Å². The highest BCUT2D eigenvalue weighted by atomic mass is 32.2. The smallest absolute Gasteiger partial charge is 0.269 e. The van der Waals surface area contributed by atoms with Crippen molar-refractivity contribution in [2.24, 2.45) is 0 Å². The molecule has 0 unspecified atom stereocenters. The molecule has 0 aliphatic carbocycles. The lowest BCUT2D eigenvalue weighted by molar-refractivity contribution is 0.430. The number of anilines is 2. The molecular weight excluding hydrogens is 273 g/mol. The van der Waals surface area contributed by atoms with Gasteiger partial charge in [0.2, 0.25) is 5.88 Å². The molecule has 19 heavy (non-hydrogen) atoms. The van der Waals surface area contributed by atoms with Gasteiger partial charge in [0.1, 0.15) is 10.7 Å². The molecule has 2 aromatic rings. The highest BCUT2D eigenvalue weighted by Crippen LogP contribution is 2.26. The van der Waals surface area contributed by atoms with E-state index in [2.05, 4.69) is 9.88 Å². The van der Waals surface area contributed by atoms with E-state index in [1.807, 2.05) is 0 Å². The van der Waals surface area contributed by atoms with Crippen molar-refractivity contribution in [3.05, 3.63) is 35.3 Å². The van der Waals surface area contributed by atoms with Gasteiger partial charge in [-0.25, -0.2) is 17.5 Å². The molecule has 6 nitrogen and oxygen atoms in total. The Morgan fingerprint density at radius 1 is 1.37 bits per heavy atom. The molecule has 0 aliphatic heterocycles. The number of sulfonamides is 1. The van der Waals surface area contributed by atoms with Crippen molar-refractivity contribution in [1.29, 1.82) is 0 Å². The van der Waals surface area contributed by atoms with Crippen LogP contribution in [0.25, 0.3) is 0 Å². The molecule has 3 N–H and O–H groups in total. The Labute approximate surface area is 109 Å². The van der Waals surface area contributed by atoms with Gasteiger partial charge in [-0.1, -0.05) is 11.2 Å². The largest absolute Gasteiger partial charge is 0.398 e. The fourth-order valence-electron chi connectivity index (χ4n) is 1.49.